The van der Waals surface area contributed by atoms with Crippen molar-refractivity contribution in [3.63, 3.8) is 0 Å². The Balaban J connectivity index is 1.86. The van der Waals surface area contributed by atoms with Crippen molar-refractivity contribution < 1.29 is 4.74 Å². The number of hydrogen-bond acceptors (Lipinski definition) is 4. The average Bonchev–Trinajstić information content (AvgIpc) is 2.83. The lowest BCUT2D eigenvalue weighted by Gasteiger charge is -2.00. The van der Waals surface area contributed by atoms with Gasteiger partial charge in [-0.15, -0.1) is 0 Å². The third kappa shape index (κ3) is 2.89. The summed E-state index contributed by atoms with van der Waals surface area (Å²) in [5.41, 5.74) is 1.86. The monoisotopic (exact) mass is 305 g/mol. The molecule has 0 atom stereocenters. The van der Waals surface area contributed by atoms with Crippen LogP contribution in [0.5, 0.6) is 5.75 Å². The summed E-state index contributed by atoms with van der Waals surface area (Å²) in [7, 11) is 0. The summed E-state index contributed by atoms with van der Waals surface area (Å²) in [5, 5.41) is 2.27. The molecule has 2 aromatic heterocycles. The molecule has 20 heavy (non-hydrogen) atoms. The number of imidazole rings is 1. The van der Waals surface area contributed by atoms with Gasteiger partial charge in [-0.2, -0.15) is 0 Å². The number of fused-ring (bicyclic) bond motifs is 1. The van der Waals surface area contributed by atoms with Gasteiger partial charge in [0.1, 0.15) is 10.8 Å². The summed E-state index contributed by atoms with van der Waals surface area (Å²) >= 11 is 7.28. The first-order valence-electron chi connectivity index (χ1n) is 6.16. The van der Waals surface area contributed by atoms with Crippen LogP contribution in [0.2, 0.25) is 5.02 Å². The van der Waals surface area contributed by atoms with E-state index in [2.05, 4.69) is 15.0 Å². The third-order valence-corrected chi connectivity index (χ3v) is 3.71. The lowest BCUT2D eigenvalue weighted by atomic mass is 10.3. The van der Waals surface area contributed by atoms with Crippen molar-refractivity contribution >= 4 is 34.4 Å². The number of aromatic amines is 1. The normalized spacial score (nSPS) is 10.9. The van der Waals surface area contributed by atoms with Crippen LogP contribution in [-0.2, 0) is 0 Å². The molecule has 1 N–H and O–H groups in total. The van der Waals surface area contributed by atoms with Crippen LogP contribution < -0.4 is 4.74 Å². The number of H-pyrrole nitrogens is 1. The average molecular weight is 306 g/mol. The predicted molar refractivity (Wildman–Crippen MR) is 80.6 cm³/mol. The van der Waals surface area contributed by atoms with Crippen molar-refractivity contribution in [2.45, 2.75) is 17.1 Å². The number of hydrogen-bond donors (Lipinski definition) is 1. The van der Waals surface area contributed by atoms with Crippen LogP contribution in [0.15, 0.2) is 46.7 Å². The molecule has 0 amide bonds. The Kier molecular flexibility index (Phi) is 3.80. The molecule has 3 aromatic rings. The molecule has 0 saturated heterocycles. The highest BCUT2D eigenvalue weighted by molar-refractivity contribution is 7.99. The van der Waals surface area contributed by atoms with Gasteiger partial charge in [-0.25, -0.2) is 9.97 Å². The molecule has 0 bridgehead atoms. The number of pyridine rings is 1. The van der Waals surface area contributed by atoms with Crippen molar-refractivity contribution in [2.75, 3.05) is 6.61 Å². The lowest BCUT2D eigenvalue weighted by Crippen LogP contribution is -1.90. The van der Waals surface area contributed by atoms with Gasteiger partial charge >= 0.3 is 0 Å². The molecule has 0 unspecified atom stereocenters. The van der Waals surface area contributed by atoms with E-state index in [1.165, 1.54) is 11.8 Å². The first-order chi connectivity index (χ1) is 9.74. The molecule has 0 aliphatic rings. The molecule has 0 aliphatic heterocycles. The Hall–Kier alpha value is -1.72. The molecular weight excluding hydrogens is 294 g/mol. The SMILES string of the molecule is CCOc1ccc2nc(Sc3ccc(Cl)cn3)[nH]c2c1. The Morgan fingerprint density at radius 3 is 2.95 bits per heavy atom. The van der Waals surface area contributed by atoms with Gasteiger partial charge in [0.15, 0.2) is 5.16 Å². The summed E-state index contributed by atoms with van der Waals surface area (Å²) in [4.78, 5) is 12.0. The standard InChI is InChI=1S/C14H12ClN3OS/c1-2-19-10-4-5-11-12(7-10)18-14(17-11)20-13-6-3-9(15)8-16-13/h3-8H,2H2,1H3,(H,17,18). The molecule has 0 radical (unpaired) electrons. The van der Waals surface area contributed by atoms with Crippen LogP contribution in [0.4, 0.5) is 0 Å². The molecular formula is C14H12ClN3OS. The van der Waals surface area contributed by atoms with Crippen molar-refractivity contribution in [3.8, 4) is 5.75 Å². The van der Waals surface area contributed by atoms with Gasteiger partial charge in [-0.3, -0.25) is 0 Å². The maximum Gasteiger partial charge on any atom is 0.172 e. The Morgan fingerprint density at radius 1 is 1.30 bits per heavy atom. The molecule has 4 nitrogen and oxygen atoms in total. The third-order valence-electron chi connectivity index (χ3n) is 2.64. The first kappa shape index (κ1) is 13.3. The van der Waals surface area contributed by atoms with Crippen molar-refractivity contribution in [3.05, 3.63) is 41.6 Å². The van der Waals surface area contributed by atoms with Crippen LogP contribution in [0, 0.1) is 0 Å². The summed E-state index contributed by atoms with van der Waals surface area (Å²) in [6.07, 6.45) is 1.62. The molecule has 0 fully saturated rings. The molecule has 102 valence electrons. The molecule has 0 saturated carbocycles. The van der Waals surface area contributed by atoms with E-state index in [1.807, 2.05) is 37.3 Å². The second-order valence-corrected chi connectivity index (χ2v) is 5.52. The van der Waals surface area contributed by atoms with Crippen LogP contribution in [0.1, 0.15) is 6.92 Å². The molecule has 0 aliphatic carbocycles. The highest BCUT2D eigenvalue weighted by atomic mass is 35.5. The predicted octanol–water partition coefficient (Wildman–Crippen LogP) is 4.16. The van der Waals surface area contributed by atoms with E-state index in [0.29, 0.717) is 11.6 Å². The van der Waals surface area contributed by atoms with Gasteiger partial charge in [-0.05, 0) is 43.0 Å². The van der Waals surface area contributed by atoms with Gasteiger partial charge in [0, 0.05) is 12.3 Å². The quantitative estimate of drug-likeness (QED) is 0.786. The first-order valence-corrected chi connectivity index (χ1v) is 7.36. The number of rotatable bonds is 4. The largest absolute Gasteiger partial charge is 0.494 e. The number of halogens is 1. The van der Waals surface area contributed by atoms with E-state index >= 15 is 0 Å². The summed E-state index contributed by atoms with van der Waals surface area (Å²) in [6.45, 7) is 2.61. The molecule has 1 aromatic carbocycles. The minimum atomic E-state index is 0.625. The summed E-state index contributed by atoms with van der Waals surface area (Å²) < 4.78 is 5.47. The molecule has 3 rings (SSSR count). The Bertz CT molecular complexity index is 727. The van der Waals surface area contributed by atoms with Gasteiger partial charge in [-0.1, -0.05) is 11.6 Å². The smallest absolute Gasteiger partial charge is 0.172 e. The van der Waals surface area contributed by atoms with Gasteiger partial charge in [0.05, 0.1) is 22.7 Å². The topological polar surface area (TPSA) is 50.8 Å². The summed E-state index contributed by atoms with van der Waals surface area (Å²) in [5.74, 6) is 0.838. The van der Waals surface area contributed by atoms with E-state index in [0.717, 1.165) is 27.0 Å². The van der Waals surface area contributed by atoms with Crippen molar-refractivity contribution in [1.29, 1.82) is 0 Å². The van der Waals surface area contributed by atoms with E-state index in [-0.39, 0.29) is 0 Å². The zero-order valence-corrected chi connectivity index (χ0v) is 12.3. The van der Waals surface area contributed by atoms with Gasteiger partial charge in [0.2, 0.25) is 0 Å². The van der Waals surface area contributed by atoms with Crippen molar-refractivity contribution in [2.24, 2.45) is 0 Å². The maximum absolute atomic E-state index is 5.82. The minimum absolute atomic E-state index is 0.625. The van der Waals surface area contributed by atoms with Crippen molar-refractivity contribution in [1.82, 2.24) is 15.0 Å². The van der Waals surface area contributed by atoms with Crippen LogP contribution in [0.25, 0.3) is 11.0 Å². The van der Waals surface area contributed by atoms with Crippen LogP contribution in [-0.4, -0.2) is 21.6 Å². The molecule has 0 spiro atoms. The maximum atomic E-state index is 5.82. The van der Waals surface area contributed by atoms with Gasteiger partial charge in [0.25, 0.3) is 0 Å². The fraction of sp³-hybridized carbons (Fsp3) is 0.143. The zero-order valence-electron chi connectivity index (χ0n) is 10.8. The van der Waals surface area contributed by atoms with E-state index in [4.69, 9.17) is 16.3 Å². The number of aromatic nitrogens is 3. The van der Waals surface area contributed by atoms with E-state index in [9.17, 15) is 0 Å². The fourth-order valence-electron chi connectivity index (χ4n) is 1.79. The number of benzene rings is 1. The van der Waals surface area contributed by atoms with Crippen LogP contribution >= 0.6 is 23.4 Å². The Morgan fingerprint density at radius 2 is 2.20 bits per heavy atom. The lowest BCUT2D eigenvalue weighted by molar-refractivity contribution is 0.340. The Labute approximate surface area is 125 Å². The van der Waals surface area contributed by atoms with E-state index < -0.39 is 0 Å². The fourth-order valence-corrected chi connectivity index (χ4v) is 2.65. The summed E-state index contributed by atoms with van der Waals surface area (Å²) in [6, 6.07) is 9.49. The van der Waals surface area contributed by atoms with Gasteiger partial charge < -0.3 is 9.72 Å². The molecule has 6 heteroatoms. The second-order valence-electron chi connectivity index (χ2n) is 4.07. The van der Waals surface area contributed by atoms with E-state index in [1.54, 1.807) is 6.20 Å². The zero-order chi connectivity index (χ0) is 13.9. The minimum Gasteiger partial charge on any atom is -0.494 e. The number of ether oxygens (including phenoxy) is 1. The molecule has 2 heterocycles. The second kappa shape index (κ2) is 5.73. The highest BCUT2D eigenvalue weighted by Gasteiger charge is 2.06. The van der Waals surface area contributed by atoms with Crippen LogP contribution in [0.3, 0.4) is 0 Å². The highest BCUT2D eigenvalue weighted by Crippen LogP contribution is 2.27. The number of nitrogens with one attached hydrogen (secondary N) is 1. The number of nitrogens with zero attached hydrogens (tertiary/aromatic N) is 2.